The van der Waals surface area contributed by atoms with Crippen LogP contribution in [0.2, 0.25) is 0 Å². The normalized spacial score (nSPS) is 26.4. The summed E-state index contributed by atoms with van der Waals surface area (Å²) in [6, 6.07) is 9.95. The fraction of sp³-hybridized carbons (Fsp3) is 0.389. The van der Waals surface area contributed by atoms with Crippen molar-refractivity contribution in [2.45, 2.75) is 37.5 Å². The van der Waals surface area contributed by atoms with Gasteiger partial charge >= 0.3 is 0 Å². The molecular weight excluding hydrogens is 350 g/mol. The third-order valence-corrected chi connectivity index (χ3v) is 4.80. The number of imidazole rings is 1. The van der Waals surface area contributed by atoms with Gasteiger partial charge in [-0.05, 0) is 12.5 Å². The van der Waals surface area contributed by atoms with Crippen molar-refractivity contribution in [3.05, 3.63) is 48.5 Å². The molecule has 0 amide bonds. The molecule has 1 aliphatic rings. The Kier molecular flexibility index (Phi) is 4.75. The topological polar surface area (TPSA) is 126 Å². The van der Waals surface area contributed by atoms with E-state index in [1.807, 2.05) is 37.3 Å². The molecule has 0 radical (unpaired) electrons. The SMILES string of the molecule is C[C@H](Nc1ncnc2c1ncn2C1OC(CO)C(O)C1O)c1ccccc1. The highest BCUT2D eigenvalue weighted by Crippen LogP contribution is 2.32. The first-order chi connectivity index (χ1) is 13.1. The summed E-state index contributed by atoms with van der Waals surface area (Å²) in [7, 11) is 0. The van der Waals surface area contributed by atoms with Crippen LogP contribution in [0.3, 0.4) is 0 Å². The Morgan fingerprint density at radius 3 is 2.63 bits per heavy atom. The molecule has 1 aromatic carbocycles. The highest BCUT2D eigenvalue weighted by molar-refractivity contribution is 5.82. The van der Waals surface area contributed by atoms with Crippen LogP contribution in [0.5, 0.6) is 0 Å². The Morgan fingerprint density at radius 2 is 1.93 bits per heavy atom. The zero-order valence-electron chi connectivity index (χ0n) is 14.7. The predicted molar refractivity (Wildman–Crippen MR) is 96.8 cm³/mol. The number of ether oxygens (including phenoxy) is 1. The van der Waals surface area contributed by atoms with Crippen molar-refractivity contribution in [3.63, 3.8) is 0 Å². The molecule has 142 valence electrons. The van der Waals surface area contributed by atoms with Gasteiger partial charge in [0.1, 0.15) is 24.6 Å². The van der Waals surface area contributed by atoms with Crippen molar-refractivity contribution >= 4 is 17.0 Å². The van der Waals surface area contributed by atoms with Crippen LogP contribution < -0.4 is 5.32 Å². The van der Waals surface area contributed by atoms with Crippen LogP contribution in [0, 0.1) is 0 Å². The van der Waals surface area contributed by atoms with Gasteiger partial charge in [0, 0.05) is 0 Å². The number of aromatic nitrogens is 4. The van der Waals surface area contributed by atoms with Crippen molar-refractivity contribution in [2.75, 3.05) is 11.9 Å². The van der Waals surface area contributed by atoms with Crippen LogP contribution in [0.1, 0.15) is 24.8 Å². The van der Waals surface area contributed by atoms with Crippen LogP contribution in [-0.4, -0.2) is 59.8 Å². The average molecular weight is 371 g/mol. The number of anilines is 1. The predicted octanol–water partition coefficient (Wildman–Crippen LogP) is 0.611. The Morgan fingerprint density at radius 1 is 1.15 bits per heavy atom. The molecule has 0 spiro atoms. The van der Waals surface area contributed by atoms with Crippen molar-refractivity contribution < 1.29 is 20.1 Å². The summed E-state index contributed by atoms with van der Waals surface area (Å²) in [5.41, 5.74) is 2.09. The van der Waals surface area contributed by atoms with E-state index in [0.29, 0.717) is 17.0 Å². The smallest absolute Gasteiger partial charge is 0.167 e. The zero-order valence-corrected chi connectivity index (χ0v) is 14.7. The Bertz CT molecular complexity index is 919. The van der Waals surface area contributed by atoms with Crippen LogP contribution in [0.25, 0.3) is 11.2 Å². The number of hydrogen-bond acceptors (Lipinski definition) is 8. The van der Waals surface area contributed by atoms with Crippen molar-refractivity contribution in [1.29, 1.82) is 0 Å². The molecule has 0 bridgehead atoms. The average Bonchev–Trinajstić information content (AvgIpc) is 3.25. The van der Waals surface area contributed by atoms with E-state index in [1.54, 1.807) is 4.57 Å². The molecule has 1 fully saturated rings. The highest BCUT2D eigenvalue weighted by atomic mass is 16.6. The van der Waals surface area contributed by atoms with E-state index < -0.39 is 31.1 Å². The zero-order chi connectivity index (χ0) is 19.0. The monoisotopic (exact) mass is 371 g/mol. The summed E-state index contributed by atoms with van der Waals surface area (Å²) in [5, 5.41) is 32.8. The van der Waals surface area contributed by atoms with Crippen LogP contribution in [-0.2, 0) is 4.74 Å². The van der Waals surface area contributed by atoms with E-state index in [9.17, 15) is 15.3 Å². The minimum absolute atomic E-state index is 0.00311. The number of aliphatic hydroxyl groups excluding tert-OH is 3. The first-order valence-corrected chi connectivity index (χ1v) is 8.71. The quantitative estimate of drug-likeness (QED) is 0.514. The first-order valence-electron chi connectivity index (χ1n) is 8.71. The summed E-state index contributed by atoms with van der Waals surface area (Å²) in [5.74, 6) is 0.557. The van der Waals surface area contributed by atoms with Crippen molar-refractivity contribution in [2.24, 2.45) is 0 Å². The van der Waals surface area contributed by atoms with Gasteiger partial charge in [-0.1, -0.05) is 30.3 Å². The summed E-state index contributed by atoms with van der Waals surface area (Å²) in [6.45, 7) is 1.63. The third-order valence-electron chi connectivity index (χ3n) is 4.80. The van der Waals surface area contributed by atoms with Crippen molar-refractivity contribution in [1.82, 2.24) is 19.5 Å². The minimum atomic E-state index is -1.20. The largest absolute Gasteiger partial charge is 0.394 e. The van der Waals surface area contributed by atoms with Gasteiger partial charge in [0.2, 0.25) is 0 Å². The first kappa shape index (κ1) is 17.8. The van der Waals surface area contributed by atoms with Crippen LogP contribution in [0.15, 0.2) is 43.0 Å². The van der Waals surface area contributed by atoms with Gasteiger partial charge in [-0.3, -0.25) is 4.57 Å². The molecule has 1 aliphatic heterocycles. The Labute approximate surface area is 155 Å². The van der Waals surface area contributed by atoms with Gasteiger partial charge in [0.05, 0.1) is 19.0 Å². The summed E-state index contributed by atoms with van der Waals surface area (Å²) in [4.78, 5) is 12.9. The fourth-order valence-electron chi connectivity index (χ4n) is 3.28. The standard InChI is InChI=1S/C18H21N5O4/c1-10(11-5-3-2-4-6-11)22-16-13-17(20-8-19-16)23(9-21-13)18-15(26)14(25)12(7-24)27-18/h2-6,8-10,12,14-15,18,24-26H,7H2,1H3,(H,19,20,22)/t10-,12?,14?,15?,18?/m0/s1. The number of rotatable bonds is 5. The van der Waals surface area contributed by atoms with Gasteiger partial charge in [0.25, 0.3) is 0 Å². The number of nitrogens with zero attached hydrogens (tertiary/aromatic N) is 4. The number of aliphatic hydroxyl groups is 3. The molecule has 4 unspecified atom stereocenters. The molecule has 9 nitrogen and oxygen atoms in total. The number of nitrogens with one attached hydrogen (secondary N) is 1. The minimum Gasteiger partial charge on any atom is -0.394 e. The van der Waals surface area contributed by atoms with Crippen LogP contribution in [0.4, 0.5) is 5.82 Å². The van der Waals surface area contributed by atoms with E-state index in [0.717, 1.165) is 5.56 Å². The summed E-state index contributed by atoms with van der Waals surface area (Å²) in [6.07, 6.45) is -1.25. The lowest BCUT2D eigenvalue weighted by atomic mass is 10.1. The highest BCUT2D eigenvalue weighted by Gasteiger charge is 2.44. The molecule has 3 heterocycles. The number of benzene rings is 1. The van der Waals surface area contributed by atoms with E-state index in [1.165, 1.54) is 12.7 Å². The van der Waals surface area contributed by atoms with Gasteiger partial charge < -0.3 is 25.4 Å². The molecule has 9 heteroatoms. The fourth-order valence-corrected chi connectivity index (χ4v) is 3.28. The molecule has 27 heavy (non-hydrogen) atoms. The maximum Gasteiger partial charge on any atom is 0.167 e. The molecule has 5 atom stereocenters. The molecule has 3 aromatic rings. The summed E-state index contributed by atoms with van der Waals surface area (Å²) < 4.78 is 7.11. The molecule has 4 N–H and O–H groups in total. The van der Waals surface area contributed by atoms with E-state index >= 15 is 0 Å². The third kappa shape index (κ3) is 3.15. The van der Waals surface area contributed by atoms with E-state index in [4.69, 9.17) is 4.74 Å². The Balaban J connectivity index is 1.64. The van der Waals surface area contributed by atoms with E-state index in [2.05, 4.69) is 20.3 Å². The lowest BCUT2D eigenvalue weighted by Gasteiger charge is -2.17. The number of hydrogen-bond donors (Lipinski definition) is 4. The molecule has 1 saturated heterocycles. The van der Waals surface area contributed by atoms with Gasteiger partial charge in [-0.2, -0.15) is 0 Å². The molecule has 2 aromatic heterocycles. The van der Waals surface area contributed by atoms with Gasteiger partial charge in [0.15, 0.2) is 23.2 Å². The summed E-state index contributed by atoms with van der Waals surface area (Å²) >= 11 is 0. The molecule has 4 rings (SSSR count). The molecule has 0 saturated carbocycles. The lowest BCUT2D eigenvalue weighted by molar-refractivity contribution is -0.0511. The van der Waals surface area contributed by atoms with Crippen molar-refractivity contribution in [3.8, 4) is 0 Å². The Hall–Kier alpha value is -2.59. The second-order valence-corrected chi connectivity index (χ2v) is 6.55. The van der Waals surface area contributed by atoms with Crippen LogP contribution >= 0.6 is 0 Å². The number of fused-ring (bicyclic) bond motifs is 1. The second-order valence-electron chi connectivity index (χ2n) is 6.55. The maximum absolute atomic E-state index is 10.3. The van der Waals surface area contributed by atoms with E-state index in [-0.39, 0.29) is 6.04 Å². The second kappa shape index (κ2) is 7.20. The van der Waals surface area contributed by atoms with Gasteiger partial charge in [-0.15, -0.1) is 0 Å². The lowest BCUT2D eigenvalue weighted by Crippen LogP contribution is -2.33. The maximum atomic E-state index is 10.3. The molecular formula is C18H21N5O4. The molecule has 0 aliphatic carbocycles. The van der Waals surface area contributed by atoms with Gasteiger partial charge in [-0.25, -0.2) is 15.0 Å².